The molecule has 150 valence electrons. The second-order valence-electron chi connectivity index (χ2n) is 7.30. The highest BCUT2D eigenvalue weighted by Gasteiger charge is 2.23. The third-order valence-electron chi connectivity index (χ3n) is 5.15. The maximum Gasteiger partial charge on any atom is 0.240 e. The number of rotatable bonds is 6. The van der Waals surface area contributed by atoms with Crippen LogP contribution in [0.5, 0.6) is 0 Å². The number of benzene rings is 1. The molecular weight excluding hydrogens is 387 g/mol. The number of hydrogen-bond acceptors (Lipinski definition) is 5. The molecule has 1 saturated heterocycles. The van der Waals surface area contributed by atoms with Gasteiger partial charge in [-0.25, -0.2) is 9.37 Å². The van der Waals surface area contributed by atoms with Crippen LogP contribution in [0.4, 0.5) is 9.52 Å². The lowest BCUT2D eigenvalue weighted by atomic mass is 9.92. The lowest BCUT2D eigenvalue weighted by molar-refractivity contribution is -0.117. The molecule has 0 spiro atoms. The molecule has 5 nitrogen and oxygen atoms in total. The average molecular weight is 411 g/mol. The number of halogens is 1. The SMILES string of the molecule is O=C(CN1CCC(c2cccc(Cc3cccc(F)c3)n2)CC1)Nc1nccs1. The van der Waals surface area contributed by atoms with Crippen LogP contribution in [0.3, 0.4) is 0 Å². The standard InChI is InChI=1S/C22H23FN4OS/c23-18-4-1-3-16(13-18)14-19-5-2-6-20(25-19)17-7-10-27(11-8-17)15-21(28)26-22-24-9-12-29-22/h1-6,9,12-13,17H,7-8,10-11,14-15H2,(H,24,26,28). The Bertz CT molecular complexity index is 955. The van der Waals surface area contributed by atoms with Crippen LogP contribution < -0.4 is 5.32 Å². The molecule has 1 amide bonds. The van der Waals surface area contributed by atoms with Crippen LogP contribution in [0.15, 0.2) is 54.0 Å². The van der Waals surface area contributed by atoms with Gasteiger partial charge in [-0.15, -0.1) is 11.3 Å². The zero-order valence-electron chi connectivity index (χ0n) is 16.1. The minimum atomic E-state index is -0.218. The summed E-state index contributed by atoms with van der Waals surface area (Å²) in [6.45, 7) is 2.12. The van der Waals surface area contributed by atoms with E-state index in [2.05, 4.69) is 21.3 Å². The molecule has 29 heavy (non-hydrogen) atoms. The molecule has 4 rings (SSSR count). The molecule has 0 bridgehead atoms. The molecule has 0 unspecified atom stereocenters. The Morgan fingerprint density at radius 3 is 2.79 bits per heavy atom. The zero-order chi connectivity index (χ0) is 20.1. The van der Waals surface area contributed by atoms with Gasteiger partial charge in [-0.05, 0) is 55.8 Å². The third kappa shape index (κ3) is 5.46. The molecule has 2 aromatic heterocycles. The second-order valence-corrected chi connectivity index (χ2v) is 8.19. The van der Waals surface area contributed by atoms with Crippen molar-refractivity contribution >= 4 is 22.4 Å². The van der Waals surface area contributed by atoms with E-state index in [9.17, 15) is 9.18 Å². The van der Waals surface area contributed by atoms with E-state index in [4.69, 9.17) is 4.98 Å². The van der Waals surface area contributed by atoms with Crippen molar-refractivity contribution in [1.82, 2.24) is 14.9 Å². The fraction of sp³-hybridized carbons (Fsp3) is 0.318. The average Bonchev–Trinajstić information content (AvgIpc) is 3.22. The lowest BCUT2D eigenvalue weighted by Crippen LogP contribution is -2.38. The summed E-state index contributed by atoms with van der Waals surface area (Å²) in [6.07, 6.45) is 4.25. The van der Waals surface area contributed by atoms with Crippen LogP contribution in [0.2, 0.25) is 0 Å². The predicted octanol–water partition coefficient (Wildman–Crippen LogP) is 4.09. The summed E-state index contributed by atoms with van der Waals surface area (Å²) in [4.78, 5) is 23.2. The number of nitrogens with zero attached hydrogens (tertiary/aromatic N) is 3. The highest BCUT2D eigenvalue weighted by Crippen LogP contribution is 2.27. The minimum absolute atomic E-state index is 0.0198. The summed E-state index contributed by atoms with van der Waals surface area (Å²) in [6, 6.07) is 12.8. The maximum atomic E-state index is 13.4. The number of amides is 1. The van der Waals surface area contributed by atoms with Gasteiger partial charge in [0.25, 0.3) is 0 Å². The Morgan fingerprint density at radius 1 is 1.21 bits per heavy atom. The molecule has 0 radical (unpaired) electrons. The van der Waals surface area contributed by atoms with E-state index in [0.29, 0.717) is 24.0 Å². The number of hydrogen-bond donors (Lipinski definition) is 1. The van der Waals surface area contributed by atoms with Gasteiger partial charge in [-0.2, -0.15) is 0 Å². The first-order valence-electron chi connectivity index (χ1n) is 9.78. The third-order valence-corrected chi connectivity index (χ3v) is 5.84. The van der Waals surface area contributed by atoms with Crippen LogP contribution >= 0.6 is 11.3 Å². The minimum Gasteiger partial charge on any atom is -0.301 e. The van der Waals surface area contributed by atoms with Crippen molar-refractivity contribution < 1.29 is 9.18 Å². The number of aromatic nitrogens is 2. The highest BCUT2D eigenvalue weighted by atomic mass is 32.1. The van der Waals surface area contributed by atoms with Crippen molar-refractivity contribution in [1.29, 1.82) is 0 Å². The van der Waals surface area contributed by atoms with Crippen molar-refractivity contribution in [3.63, 3.8) is 0 Å². The van der Waals surface area contributed by atoms with Gasteiger partial charge in [0.05, 0.1) is 6.54 Å². The van der Waals surface area contributed by atoms with Crippen molar-refractivity contribution in [3.8, 4) is 0 Å². The number of pyridine rings is 1. The molecule has 1 N–H and O–H groups in total. The van der Waals surface area contributed by atoms with Crippen LogP contribution in [0.25, 0.3) is 0 Å². The normalized spacial score (nSPS) is 15.3. The molecule has 3 heterocycles. The van der Waals surface area contributed by atoms with Gasteiger partial charge < -0.3 is 5.32 Å². The van der Waals surface area contributed by atoms with Crippen LogP contribution in [-0.4, -0.2) is 40.4 Å². The van der Waals surface area contributed by atoms with E-state index < -0.39 is 0 Å². The van der Waals surface area contributed by atoms with E-state index in [-0.39, 0.29) is 11.7 Å². The second kappa shape index (κ2) is 9.24. The molecule has 0 atom stereocenters. The summed E-state index contributed by atoms with van der Waals surface area (Å²) in [7, 11) is 0. The molecule has 0 saturated carbocycles. The summed E-state index contributed by atoms with van der Waals surface area (Å²) in [5, 5.41) is 5.32. The molecule has 1 aliphatic heterocycles. The Morgan fingerprint density at radius 2 is 2.03 bits per heavy atom. The van der Waals surface area contributed by atoms with Gasteiger partial charge in [0.15, 0.2) is 5.13 Å². The van der Waals surface area contributed by atoms with Gasteiger partial charge in [0.2, 0.25) is 5.91 Å². The van der Waals surface area contributed by atoms with Crippen LogP contribution in [0.1, 0.15) is 35.7 Å². The fourth-order valence-corrected chi connectivity index (χ4v) is 4.26. The summed E-state index contributed by atoms with van der Waals surface area (Å²) in [5.74, 6) is 0.152. The van der Waals surface area contributed by atoms with Crippen molar-refractivity contribution in [2.24, 2.45) is 0 Å². The van der Waals surface area contributed by atoms with E-state index in [1.807, 2.05) is 23.6 Å². The monoisotopic (exact) mass is 410 g/mol. The van der Waals surface area contributed by atoms with Gasteiger partial charge >= 0.3 is 0 Å². The van der Waals surface area contributed by atoms with Crippen molar-refractivity contribution in [2.45, 2.75) is 25.2 Å². The topological polar surface area (TPSA) is 58.1 Å². The van der Waals surface area contributed by atoms with E-state index in [0.717, 1.165) is 42.9 Å². The number of nitrogens with one attached hydrogen (secondary N) is 1. The molecule has 1 aromatic carbocycles. The van der Waals surface area contributed by atoms with Gasteiger partial charge in [-0.3, -0.25) is 14.7 Å². The number of anilines is 1. The van der Waals surface area contributed by atoms with Gasteiger partial charge in [-0.1, -0.05) is 18.2 Å². The molecule has 1 fully saturated rings. The molecule has 7 heteroatoms. The maximum absolute atomic E-state index is 13.4. The summed E-state index contributed by atoms with van der Waals surface area (Å²) in [5.41, 5.74) is 2.97. The Labute approximate surface area is 173 Å². The quantitative estimate of drug-likeness (QED) is 0.665. The molecule has 0 aliphatic carbocycles. The molecule has 1 aliphatic rings. The first-order valence-corrected chi connectivity index (χ1v) is 10.7. The van der Waals surface area contributed by atoms with Crippen molar-refractivity contribution in [3.05, 3.63) is 76.8 Å². The van der Waals surface area contributed by atoms with Crippen LogP contribution in [-0.2, 0) is 11.2 Å². The van der Waals surface area contributed by atoms with E-state index in [1.165, 1.54) is 17.4 Å². The Balaban J connectivity index is 1.31. The summed E-state index contributed by atoms with van der Waals surface area (Å²) >= 11 is 1.42. The van der Waals surface area contributed by atoms with Crippen LogP contribution in [0, 0.1) is 5.82 Å². The van der Waals surface area contributed by atoms with E-state index in [1.54, 1.807) is 18.3 Å². The lowest BCUT2D eigenvalue weighted by Gasteiger charge is -2.31. The number of thiazole rings is 1. The number of piperidine rings is 1. The zero-order valence-corrected chi connectivity index (χ0v) is 16.9. The van der Waals surface area contributed by atoms with Gasteiger partial charge in [0, 0.05) is 35.3 Å². The fourth-order valence-electron chi connectivity index (χ4n) is 3.71. The first-order chi connectivity index (χ1) is 14.2. The predicted molar refractivity (Wildman–Crippen MR) is 113 cm³/mol. The van der Waals surface area contributed by atoms with Crippen molar-refractivity contribution in [2.75, 3.05) is 25.0 Å². The Kier molecular flexibility index (Phi) is 6.27. The first kappa shape index (κ1) is 19.7. The number of carbonyl (C=O) groups is 1. The highest BCUT2D eigenvalue weighted by molar-refractivity contribution is 7.13. The largest absolute Gasteiger partial charge is 0.301 e. The smallest absolute Gasteiger partial charge is 0.240 e. The van der Waals surface area contributed by atoms with Gasteiger partial charge in [0.1, 0.15) is 5.82 Å². The van der Waals surface area contributed by atoms with E-state index >= 15 is 0 Å². The number of likely N-dealkylation sites (tertiary alicyclic amines) is 1. The Hall–Kier alpha value is -2.64. The number of carbonyl (C=O) groups excluding carboxylic acids is 1. The summed E-state index contributed by atoms with van der Waals surface area (Å²) < 4.78 is 13.4. The molecular formula is C22H23FN4OS. The molecule has 3 aromatic rings.